The zero-order chi connectivity index (χ0) is 15.8. The van der Waals surface area contributed by atoms with E-state index in [1.54, 1.807) is 10.7 Å². The van der Waals surface area contributed by atoms with Crippen molar-refractivity contribution in [1.29, 1.82) is 0 Å². The molecule has 0 N–H and O–H groups in total. The lowest BCUT2D eigenvalue weighted by molar-refractivity contribution is 0.482. The maximum absolute atomic E-state index is 12.2. The van der Waals surface area contributed by atoms with E-state index in [0.29, 0.717) is 18.5 Å². The number of aromatic nitrogens is 3. The van der Waals surface area contributed by atoms with Gasteiger partial charge in [0, 0.05) is 42.1 Å². The predicted octanol–water partition coefficient (Wildman–Crippen LogP) is 2.49. The third kappa shape index (κ3) is 3.00. The van der Waals surface area contributed by atoms with E-state index < -0.39 is 0 Å². The van der Waals surface area contributed by atoms with Crippen LogP contribution in [0.2, 0.25) is 0 Å². The molecule has 0 spiro atoms. The van der Waals surface area contributed by atoms with Crippen molar-refractivity contribution in [1.82, 2.24) is 14.8 Å². The molecule has 1 aliphatic carbocycles. The van der Waals surface area contributed by atoms with Crippen molar-refractivity contribution in [3.63, 3.8) is 0 Å². The van der Waals surface area contributed by atoms with Gasteiger partial charge in [-0.05, 0) is 50.8 Å². The number of hydrogen-bond acceptors (Lipinski definition) is 4. The summed E-state index contributed by atoms with van der Waals surface area (Å²) in [7, 11) is 0. The Balaban J connectivity index is 1.58. The number of rotatable bonds is 4. The normalized spacial score (nSPS) is 20.9. The Morgan fingerprint density at radius 3 is 2.87 bits per heavy atom. The van der Waals surface area contributed by atoms with Crippen molar-refractivity contribution < 1.29 is 0 Å². The Morgan fingerprint density at radius 2 is 2.09 bits per heavy atom. The van der Waals surface area contributed by atoms with Gasteiger partial charge in [-0.15, -0.1) is 0 Å². The highest BCUT2D eigenvalue weighted by Gasteiger charge is 2.28. The van der Waals surface area contributed by atoms with E-state index in [1.165, 1.54) is 18.5 Å². The highest BCUT2D eigenvalue weighted by atomic mass is 16.1. The molecule has 0 bridgehead atoms. The molecular weight excluding hydrogens is 288 g/mol. The maximum atomic E-state index is 12.2. The number of anilines is 1. The second-order valence-electron chi connectivity index (χ2n) is 6.70. The molecule has 2 aromatic rings. The molecule has 23 heavy (non-hydrogen) atoms. The first kappa shape index (κ1) is 14.4. The molecule has 0 aromatic carbocycles. The minimum absolute atomic E-state index is 0.00663. The van der Waals surface area contributed by atoms with Crippen LogP contribution in [0, 0.1) is 6.92 Å². The Kier molecular flexibility index (Phi) is 3.63. The fourth-order valence-electron chi connectivity index (χ4n) is 3.47. The summed E-state index contributed by atoms with van der Waals surface area (Å²) in [6, 6.07) is 8.08. The summed E-state index contributed by atoms with van der Waals surface area (Å²) in [5, 5.41) is 4.61. The molecule has 0 radical (unpaired) electrons. The van der Waals surface area contributed by atoms with Gasteiger partial charge in [0.2, 0.25) is 0 Å². The lowest BCUT2D eigenvalue weighted by Crippen LogP contribution is -2.37. The number of aryl methyl sites for hydroxylation is 1. The fourth-order valence-corrected chi connectivity index (χ4v) is 3.47. The van der Waals surface area contributed by atoms with Crippen molar-refractivity contribution in [2.45, 2.75) is 51.1 Å². The molecule has 5 heteroatoms. The van der Waals surface area contributed by atoms with Gasteiger partial charge in [-0.3, -0.25) is 9.78 Å². The molecule has 3 heterocycles. The van der Waals surface area contributed by atoms with E-state index >= 15 is 0 Å². The summed E-state index contributed by atoms with van der Waals surface area (Å²) in [6.07, 6.45) is 6.53. The molecule has 2 fully saturated rings. The van der Waals surface area contributed by atoms with Crippen LogP contribution >= 0.6 is 0 Å². The van der Waals surface area contributed by atoms with Gasteiger partial charge in [0.25, 0.3) is 5.56 Å². The van der Waals surface area contributed by atoms with E-state index in [-0.39, 0.29) is 5.56 Å². The van der Waals surface area contributed by atoms with Crippen molar-refractivity contribution in [2.24, 2.45) is 0 Å². The van der Waals surface area contributed by atoms with Crippen molar-refractivity contribution in [2.75, 3.05) is 11.4 Å². The Hall–Kier alpha value is -2.17. The zero-order valence-electron chi connectivity index (χ0n) is 13.5. The van der Waals surface area contributed by atoms with Crippen LogP contribution in [0.25, 0.3) is 0 Å². The standard InChI is InChI=1S/C18H22N4O/c1-13-11-15(8-9-19-13)21-10-2-3-16(21)12-22-18(23)7-6-17(20-22)14-4-5-14/h6-9,11,14,16H,2-5,10,12H2,1H3. The lowest BCUT2D eigenvalue weighted by atomic mass is 10.2. The van der Waals surface area contributed by atoms with E-state index in [1.807, 2.05) is 19.2 Å². The quantitative estimate of drug-likeness (QED) is 0.870. The van der Waals surface area contributed by atoms with Gasteiger partial charge < -0.3 is 4.90 Å². The second-order valence-corrected chi connectivity index (χ2v) is 6.70. The van der Waals surface area contributed by atoms with E-state index in [9.17, 15) is 4.79 Å². The second kappa shape index (κ2) is 5.80. The molecule has 0 amide bonds. The Morgan fingerprint density at radius 1 is 1.22 bits per heavy atom. The first-order valence-corrected chi connectivity index (χ1v) is 8.48. The molecule has 5 nitrogen and oxygen atoms in total. The summed E-state index contributed by atoms with van der Waals surface area (Å²) >= 11 is 0. The van der Waals surface area contributed by atoms with Gasteiger partial charge >= 0.3 is 0 Å². The molecule has 1 saturated carbocycles. The first-order chi connectivity index (χ1) is 11.2. The van der Waals surface area contributed by atoms with E-state index in [2.05, 4.69) is 27.1 Å². The van der Waals surface area contributed by atoms with Crippen molar-refractivity contribution >= 4 is 5.69 Å². The third-order valence-corrected chi connectivity index (χ3v) is 4.86. The van der Waals surface area contributed by atoms with Crippen LogP contribution in [0.4, 0.5) is 5.69 Å². The molecule has 1 aliphatic heterocycles. The zero-order valence-corrected chi connectivity index (χ0v) is 13.5. The number of hydrogen-bond donors (Lipinski definition) is 0. The van der Waals surface area contributed by atoms with Crippen LogP contribution in [-0.2, 0) is 6.54 Å². The lowest BCUT2D eigenvalue weighted by Gasteiger charge is -2.27. The van der Waals surface area contributed by atoms with Crippen LogP contribution in [0.3, 0.4) is 0 Å². The summed E-state index contributed by atoms with van der Waals surface area (Å²) in [5.74, 6) is 0.573. The van der Waals surface area contributed by atoms with Crippen molar-refractivity contribution in [3.05, 3.63) is 52.2 Å². The predicted molar refractivity (Wildman–Crippen MR) is 89.8 cm³/mol. The number of pyridine rings is 1. The molecule has 1 saturated heterocycles. The monoisotopic (exact) mass is 310 g/mol. The number of nitrogens with zero attached hydrogens (tertiary/aromatic N) is 4. The highest BCUT2D eigenvalue weighted by molar-refractivity contribution is 5.48. The van der Waals surface area contributed by atoms with E-state index in [0.717, 1.165) is 30.8 Å². The maximum Gasteiger partial charge on any atom is 0.266 e. The van der Waals surface area contributed by atoms with Gasteiger partial charge in [-0.25, -0.2) is 4.68 Å². The van der Waals surface area contributed by atoms with Gasteiger partial charge in [-0.1, -0.05) is 0 Å². The van der Waals surface area contributed by atoms with Crippen LogP contribution in [0.15, 0.2) is 35.3 Å². The highest BCUT2D eigenvalue weighted by Crippen LogP contribution is 2.38. The summed E-state index contributed by atoms with van der Waals surface area (Å²) in [6.45, 7) is 3.71. The summed E-state index contributed by atoms with van der Waals surface area (Å²) < 4.78 is 1.67. The van der Waals surface area contributed by atoms with Crippen molar-refractivity contribution in [3.8, 4) is 0 Å². The average molecular weight is 310 g/mol. The van der Waals surface area contributed by atoms with Gasteiger partial charge in [0.1, 0.15) is 0 Å². The molecule has 2 aliphatic rings. The molecule has 4 rings (SSSR count). The minimum Gasteiger partial charge on any atom is -0.367 e. The van der Waals surface area contributed by atoms with E-state index in [4.69, 9.17) is 0 Å². The van der Waals surface area contributed by atoms with Crippen LogP contribution in [0.5, 0.6) is 0 Å². The van der Waals surface area contributed by atoms with Gasteiger partial charge in [-0.2, -0.15) is 5.10 Å². The van der Waals surface area contributed by atoms with Crippen LogP contribution in [0.1, 0.15) is 43.0 Å². The fraction of sp³-hybridized carbons (Fsp3) is 0.500. The third-order valence-electron chi connectivity index (χ3n) is 4.86. The first-order valence-electron chi connectivity index (χ1n) is 8.48. The topological polar surface area (TPSA) is 51.0 Å². The molecule has 2 aromatic heterocycles. The molecule has 120 valence electrons. The molecular formula is C18H22N4O. The summed E-state index contributed by atoms with van der Waals surface area (Å²) in [4.78, 5) is 18.8. The smallest absolute Gasteiger partial charge is 0.266 e. The largest absolute Gasteiger partial charge is 0.367 e. The molecule has 1 atom stereocenters. The van der Waals surface area contributed by atoms with Gasteiger partial charge in [0.15, 0.2) is 0 Å². The summed E-state index contributed by atoms with van der Waals surface area (Å²) in [5.41, 5.74) is 3.31. The average Bonchev–Trinajstić information content (AvgIpc) is 3.29. The molecule has 1 unspecified atom stereocenters. The van der Waals surface area contributed by atoms with Crippen LogP contribution < -0.4 is 10.5 Å². The SMILES string of the molecule is Cc1cc(N2CCCC2Cn2nc(C3CC3)ccc2=O)ccn1. The Bertz CT molecular complexity index is 766. The Labute approximate surface area is 136 Å². The van der Waals surface area contributed by atoms with Gasteiger partial charge in [0.05, 0.1) is 12.2 Å². The minimum atomic E-state index is 0.00663. The van der Waals surface area contributed by atoms with Crippen LogP contribution in [-0.4, -0.2) is 27.4 Å².